The van der Waals surface area contributed by atoms with Crippen LogP contribution in [-0.2, 0) is 5.41 Å². The molecule has 0 bridgehead atoms. The van der Waals surface area contributed by atoms with Crippen molar-refractivity contribution < 1.29 is 4.42 Å². The predicted molar refractivity (Wildman–Crippen MR) is 202 cm³/mol. The lowest BCUT2D eigenvalue weighted by Gasteiger charge is -2.31. The van der Waals surface area contributed by atoms with Crippen LogP contribution in [0.5, 0.6) is 0 Å². The summed E-state index contributed by atoms with van der Waals surface area (Å²) in [6, 6.07) is 56.5. The molecule has 8 aromatic rings. The van der Waals surface area contributed by atoms with Crippen molar-refractivity contribution in [2.45, 2.75) is 19.3 Å². The normalized spacial score (nSPS) is 13.3. The first-order valence-electron chi connectivity index (χ1n) is 16.9. The van der Waals surface area contributed by atoms with Gasteiger partial charge in [0.05, 0.1) is 11.4 Å². The molecule has 1 aromatic heterocycles. The number of hydrogen-bond donors (Lipinski definition) is 0. The van der Waals surface area contributed by atoms with Crippen LogP contribution in [0.25, 0.3) is 67.1 Å². The Kier molecular flexibility index (Phi) is 5.92. The zero-order valence-electron chi connectivity index (χ0n) is 27.3. The van der Waals surface area contributed by atoms with Gasteiger partial charge in [-0.2, -0.15) is 0 Å². The average Bonchev–Trinajstić information content (AvgIpc) is 3.79. The first-order valence-corrected chi connectivity index (χ1v) is 16.9. The molecule has 0 N–H and O–H groups in total. The molecule has 0 unspecified atom stereocenters. The van der Waals surface area contributed by atoms with Gasteiger partial charge in [0.2, 0.25) is 5.89 Å². The predicted octanol–water partition coefficient (Wildman–Crippen LogP) is 12.6. The molecule has 3 heteroatoms. The van der Waals surface area contributed by atoms with Gasteiger partial charge >= 0.3 is 0 Å². The van der Waals surface area contributed by atoms with Crippen molar-refractivity contribution in [3.63, 3.8) is 0 Å². The summed E-state index contributed by atoms with van der Waals surface area (Å²) in [5.41, 5.74) is 15.0. The minimum absolute atomic E-state index is 0.120. The van der Waals surface area contributed by atoms with E-state index in [0.29, 0.717) is 5.89 Å². The molecule has 0 spiro atoms. The maximum absolute atomic E-state index is 6.51. The van der Waals surface area contributed by atoms with Gasteiger partial charge in [0.15, 0.2) is 5.76 Å². The van der Waals surface area contributed by atoms with Crippen molar-refractivity contribution in [1.82, 2.24) is 4.98 Å². The van der Waals surface area contributed by atoms with E-state index in [2.05, 4.69) is 146 Å². The minimum Gasteiger partial charge on any atom is -0.435 e. The zero-order chi connectivity index (χ0) is 32.7. The molecule has 0 aliphatic heterocycles. The van der Waals surface area contributed by atoms with Crippen LogP contribution in [0.3, 0.4) is 0 Å². The molecule has 232 valence electrons. The topological polar surface area (TPSA) is 29.3 Å². The Morgan fingerprint density at radius 1 is 0.510 bits per heavy atom. The molecule has 0 saturated heterocycles. The van der Waals surface area contributed by atoms with Gasteiger partial charge in [0, 0.05) is 44.1 Å². The average molecular weight is 629 g/mol. The Balaban J connectivity index is 1.21. The largest absolute Gasteiger partial charge is 0.435 e. The van der Waals surface area contributed by atoms with Crippen molar-refractivity contribution >= 4 is 27.8 Å². The molecule has 0 radical (unpaired) electrons. The number of hydrogen-bond acceptors (Lipinski definition) is 3. The lowest BCUT2D eigenvalue weighted by atomic mass is 9.82. The first kappa shape index (κ1) is 27.9. The summed E-state index contributed by atoms with van der Waals surface area (Å²) in [5, 5.41) is 2.34. The Morgan fingerprint density at radius 2 is 1.16 bits per heavy atom. The lowest BCUT2D eigenvalue weighted by molar-refractivity contribution is 0.590. The summed E-state index contributed by atoms with van der Waals surface area (Å²) in [7, 11) is 0. The Labute approximate surface area is 285 Å². The molecule has 3 nitrogen and oxygen atoms in total. The maximum atomic E-state index is 6.51. The fourth-order valence-corrected chi connectivity index (χ4v) is 8.13. The fraction of sp³-hybridized carbons (Fsp3) is 0.0652. The number of para-hydroxylation sites is 1. The van der Waals surface area contributed by atoms with Crippen LogP contribution in [-0.4, -0.2) is 4.98 Å². The van der Waals surface area contributed by atoms with Crippen molar-refractivity contribution in [1.29, 1.82) is 0 Å². The minimum atomic E-state index is -0.120. The number of fused-ring (bicyclic) bond motifs is 6. The van der Waals surface area contributed by atoms with E-state index >= 15 is 0 Å². The third-order valence-corrected chi connectivity index (χ3v) is 10.5. The molecule has 2 aliphatic rings. The Morgan fingerprint density at radius 3 is 1.98 bits per heavy atom. The monoisotopic (exact) mass is 628 g/mol. The van der Waals surface area contributed by atoms with Gasteiger partial charge in [0.25, 0.3) is 0 Å². The smallest absolute Gasteiger partial charge is 0.227 e. The maximum Gasteiger partial charge on any atom is 0.227 e. The number of rotatable bonds is 5. The van der Waals surface area contributed by atoms with Crippen LogP contribution >= 0.6 is 0 Å². The third-order valence-electron chi connectivity index (χ3n) is 10.5. The van der Waals surface area contributed by atoms with Crippen LogP contribution in [0.2, 0.25) is 0 Å². The van der Waals surface area contributed by atoms with E-state index in [1.54, 1.807) is 0 Å². The van der Waals surface area contributed by atoms with Crippen molar-refractivity contribution in [2.24, 2.45) is 0 Å². The van der Waals surface area contributed by atoms with Crippen LogP contribution in [0.1, 0.15) is 25.0 Å². The summed E-state index contributed by atoms with van der Waals surface area (Å²) in [6.07, 6.45) is 0. The Hall–Kier alpha value is -6.19. The van der Waals surface area contributed by atoms with Crippen molar-refractivity contribution in [2.75, 3.05) is 4.90 Å². The second kappa shape index (κ2) is 10.4. The molecule has 0 atom stereocenters. The van der Waals surface area contributed by atoms with Crippen LogP contribution in [0.15, 0.2) is 162 Å². The molecule has 2 aliphatic carbocycles. The summed E-state index contributed by atoms with van der Waals surface area (Å²) in [6.45, 7) is 4.69. The summed E-state index contributed by atoms with van der Waals surface area (Å²) in [4.78, 5) is 7.49. The van der Waals surface area contributed by atoms with E-state index in [9.17, 15) is 0 Å². The fourth-order valence-electron chi connectivity index (χ4n) is 8.13. The molecule has 49 heavy (non-hydrogen) atoms. The molecule has 0 amide bonds. The molecular weight excluding hydrogens is 597 g/mol. The highest BCUT2D eigenvalue weighted by Crippen LogP contribution is 2.54. The van der Waals surface area contributed by atoms with Crippen molar-refractivity contribution in [3.05, 3.63) is 169 Å². The standard InChI is InChI=1S/C46H32N2O/c1-46(2)38-22-11-9-19-33(38)34-25-24-31(28-39(34)46)48(40-23-12-10-18-32(40)29-14-5-3-6-15-29)41-27-26-37-42-35(41)20-13-21-36(42)43-44(37)49-45(47-43)30-16-7-4-8-17-30/h3-28H,1-2H3. The number of anilines is 3. The van der Waals surface area contributed by atoms with E-state index < -0.39 is 0 Å². The van der Waals surface area contributed by atoms with Gasteiger partial charge in [0.1, 0.15) is 5.69 Å². The van der Waals surface area contributed by atoms with E-state index in [-0.39, 0.29) is 5.41 Å². The summed E-state index contributed by atoms with van der Waals surface area (Å²) in [5.74, 6) is 1.49. The summed E-state index contributed by atoms with van der Waals surface area (Å²) >= 11 is 0. The molecule has 1 heterocycles. The summed E-state index contributed by atoms with van der Waals surface area (Å²) < 4.78 is 6.51. The van der Waals surface area contributed by atoms with Gasteiger partial charge in [-0.15, -0.1) is 0 Å². The van der Waals surface area contributed by atoms with Gasteiger partial charge in [-0.1, -0.05) is 129 Å². The number of aromatic nitrogens is 1. The first-order chi connectivity index (χ1) is 24.1. The second-order valence-electron chi connectivity index (χ2n) is 13.5. The zero-order valence-corrected chi connectivity index (χ0v) is 27.3. The third kappa shape index (κ3) is 4.06. The van der Waals surface area contributed by atoms with E-state index in [0.717, 1.165) is 50.6 Å². The van der Waals surface area contributed by atoms with Gasteiger partial charge in [-0.05, 0) is 70.3 Å². The highest BCUT2D eigenvalue weighted by atomic mass is 16.4. The highest BCUT2D eigenvalue weighted by molar-refractivity contribution is 6.18. The Bertz CT molecular complexity index is 2550. The van der Waals surface area contributed by atoms with Crippen molar-refractivity contribution in [3.8, 4) is 56.3 Å². The van der Waals surface area contributed by atoms with Gasteiger partial charge in [-0.3, -0.25) is 0 Å². The lowest BCUT2D eigenvalue weighted by Crippen LogP contribution is -2.17. The van der Waals surface area contributed by atoms with E-state index in [4.69, 9.17) is 9.40 Å². The van der Waals surface area contributed by atoms with E-state index in [1.165, 1.54) is 38.8 Å². The molecule has 0 fully saturated rings. The second-order valence-corrected chi connectivity index (χ2v) is 13.5. The van der Waals surface area contributed by atoms with E-state index in [1.807, 2.05) is 30.3 Å². The van der Waals surface area contributed by atoms with Crippen LogP contribution < -0.4 is 4.90 Å². The quantitative estimate of drug-likeness (QED) is 0.190. The molecule has 10 rings (SSSR count). The molecular formula is C46H32N2O. The van der Waals surface area contributed by atoms with Crippen LogP contribution in [0, 0.1) is 0 Å². The number of benzene rings is 7. The molecule has 0 saturated carbocycles. The highest BCUT2D eigenvalue weighted by Gasteiger charge is 2.36. The van der Waals surface area contributed by atoms with Crippen LogP contribution in [0.4, 0.5) is 17.1 Å². The number of nitrogens with zero attached hydrogens (tertiary/aromatic N) is 2. The number of oxazole rings is 1. The molecule has 7 aromatic carbocycles. The van der Waals surface area contributed by atoms with Gasteiger partial charge in [-0.25, -0.2) is 4.98 Å². The van der Waals surface area contributed by atoms with Gasteiger partial charge < -0.3 is 9.32 Å². The SMILES string of the molecule is CC1(C)c2ccccc2-c2ccc(N(c3ccccc3-c3ccccc3)c3ccc4c5c(cccc35)-c3nc(-c5ccccc5)oc3-4)cc21.